The van der Waals surface area contributed by atoms with E-state index in [0.29, 0.717) is 23.9 Å². The summed E-state index contributed by atoms with van der Waals surface area (Å²) in [5, 5.41) is 11.9. The van der Waals surface area contributed by atoms with Crippen molar-refractivity contribution in [2.45, 2.75) is 437 Å². The second-order valence-electron chi connectivity index (χ2n) is 31.2. The van der Waals surface area contributed by atoms with E-state index >= 15 is 0 Å². The minimum Gasteiger partial charge on any atom is -0.545 e. The van der Waals surface area contributed by atoms with E-state index in [4.69, 9.17) is 18.9 Å². The number of hydrogen-bond acceptors (Lipinski definition) is 8. The molecular weight excluding hydrogens is 1270 g/mol. The molecule has 0 aromatic heterocycles. The Morgan fingerprint density at radius 3 is 0.835 bits per heavy atom. The van der Waals surface area contributed by atoms with Gasteiger partial charge in [0.1, 0.15) is 13.2 Å². The molecule has 0 amide bonds. The highest BCUT2D eigenvalue weighted by Crippen LogP contribution is 2.20. The van der Waals surface area contributed by atoms with Crippen molar-refractivity contribution < 1.29 is 42.9 Å². The van der Waals surface area contributed by atoms with Gasteiger partial charge in [0.2, 0.25) is 0 Å². The smallest absolute Gasteiger partial charge is 0.306 e. The topological polar surface area (TPSA) is 111 Å². The van der Waals surface area contributed by atoms with E-state index in [1.54, 1.807) is 0 Å². The molecule has 0 radical (unpaired) electrons. The van der Waals surface area contributed by atoms with E-state index in [-0.39, 0.29) is 32.2 Å². The average Bonchev–Trinajstić information content (AvgIpc) is 1.16. The first-order valence-electron chi connectivity index (χ1n) is 44.4. The van der Waals surface area contributed by atoms with Gasteiger partial charge >= 0.3 is 11.9 Å². The summed E-state index contributed by atoms with van der Waals surface area (Å²) in [5.74, 6) is -2.26. The molecule has 0 aromatic rings. The molecule has 9 nitrogen and oxygen atoms in total. The van der Waals surface area contributed by atoms with Crippen molar-refractivity contribution in [1.29, 1.82) is 0 Å². The number of nitrogens with zero attached hydrogens (tertiary/aromatic N) is 1. The number of likely N-dealkylation sites (N-methyl/N-ethyl adjacent to an activating group) is 1. The molecule has 0 aliphatic carbocycles. The minimum atomic E-state index is -1.62. The summed E-state index contributed by atoms with van der Waals surface area (Å²) in [6.45, 7) is 4.69. The van der Waals surface area contributed by atoms with Crippen LogP contribution in [0.2, 0.25) is 0 Å². The zero-order valence-electron chi connectivity index (χ0n) is 68.7. The Labute approximate surface area is 639 Å². The number of esters is 2. The van der Waals surface area contributed by atoms with E-state index in [2.05, 4.69) is 111 Å². The number of rotatable bonds is 83. The van der Waals surface area contributed by atoms with Gasteiger partial charge in [0.15, 0.2) is 12.4 Å². The van der Waals surface area contributed by atoms with Gasteiger partial charge in [-0.2, -0.15) is 0 Å². The summed E-state index contributed by atoms with van der Waals surface area (Å²) in [4.78, 5) is 37.7. The first-order valence-corrected chi connectivity index (χ1v) is 44.4. The maximum Gasteiger partial charge on any atom is 0.306 e. The van der Waals surface area contributed by atoms with Crippen LogP contribution < -0.4 is 5.11 Å². The SMILES string of the molecule is CC/C=C\C/C=C\C/C=C\C/C=C\C/C=C\C/C=C\C/C=C\CCCCCCCCCCCCCCCCCC(=O)OC(COC(=O)CCCCCCCCCCCCCCCCCCCCCCCCCCCCCCC/C=C\CCCCCCCCCC)COC(OCC[N+](C)(C)C)C(=O)[O-]. The predicted octanol–water partition coefficient (Wildman–Crippen LogP) is 27.7. The van der Waals surface area contributed by atoms with Crippen molar-refractivity contribution in [2.75, 3.05) is 47.5 Å². The fourth-order valence-electron chi connectivity index (χ4n) is 13.1. The molecule has 598 valence electrons. The lowest BCUT2D eigenvalue weighted by atomic mass is 10.0. The van der Waals surface area contributed by atoms with E-state index in [1.807, 2.05) is 21.1 Å². The molecule has 0 rings (SSSR count). The third-order valence-electron chi connectivity index (χ3n) is 19.8. The van der Waals surface area contributed by atoms with Crippen LogP contribution in [0.25, 0.3) is 0 Å². The Morgan fingerprint density at radius 1 is 0.301 bits per heavy atom. The fourth-order valence-corrected chi connectivity index (χ4v) is 13.1. The molecule has 0 N–H and O–H groups in total. The van der Waals surface area contributed by atoms with Crippen LogP contribution in [0.15, 0.2) is 97.2 Å². The molecule has 103 heavy (non-hydrogen) atoms. The number of carboxylic acid groups (broad SMARTS) is 1. The Kier molecular flexibility index (Phi) is 80.8. The van der Waals surface area contributed by atoms with Crippen molar-refractivity contribution in [1.82, 2.24) is 0 Å². The Balaban J connectivity index is 3.94. The van der Waals surface area contributed by atoms with Crippen LogP contribution in [-0.4, -0.2) is 82.3 Å². The monoisotopic (exact) mass is 1440 g/mol. The van der Waals surface area contributed by atoms with Gasteiger partial charge in [-0.15, -0.1) is 0 Å². The van der Waals surface area contributed by atoms with E-state index in [1.165, 1.54) is 308 Å². The highest BCUT2D eigenvalue weighted by molar-refractivity contribution is 5.70. The summed E-state index contributed by atoms with van der Waals surface area (Å²) in [6.07, 6.45) is 114. The van der Waals surface area contributed by atoms with Gasteiger partial charge < -0.3 is 33.3 Å². The van der Waals surface area contributed by atoms with Crippen LogP contribution in [0.5, 0.6) is 0 Å². The average molecular weight is 1440 g/mol. The number of aliphatic carboxylic acids is 1. The van der Waals surface area contributed by atoms with Crippen LogP contribution in [0.4, 0.5) is 0 Å². The van der Waals surface area contributed by atoms with Crippen molar-refractivity contribution in [3.05, 3.63) is 97.2 Å². The number of ether oxygens (including phenoxy) is 4. The first-order chi connectivity index (χ1) is 50.6. The summed E-state index contributed by atoms with van der Waals surface area (Å²) in [7, 11) is 5.95. The molecule has 0 saturated heterocycles. The molecule has 0 spiro atoms. The van der Waals surface area contributed by atoms with Crippen LogP contribution in [-0.2, 0) is 33.3 Å². The minimum absolute atomic E-state index is 0.147. The largest absolute Gasteiger partial charge is 0.545 e. The Bertz CT molecular complexity index is 2030. The van der Waals surface area contributed by atoms with Crippen LogP contribution in [0, 0.1) is 0 Å². The van der Waals surface area contributed by atoms with Crippen molar-refractivity contribution >= 4 is 17.9 Å². The van der Waals surface area contributed by atoms with Gasteiger partial charge in [-0.05, 0) is 96.3 Å². The number of carbonyl (C=O) groups excluding carboxylic acids is 3. The molecule has 0 aliphatic rings. The third-order valence-corrected chi connectivity index (χ3v) is 19.8. The maximum atomic E-state index is 13.0. The van der Waals surface area contributed by atoms with Crippen LogP contribution in [0.1, 0.15) is 425 Å². The normalized spacial score (nSPS) is 13.1. The van der Waals surface area contributed by atoms with Gasteiger partial charge in [-0.25, -0.2) is 0 Å². The zero-order valence-corrected chi connectivity index (χ0v) is 68.7. The van der Waals surface area contributed by atoms with Gasteiger partial charge in [-0.1, -0.05) is 413 Å². The number of quaternary nitrogens is 1. The van der Waals surface area contributed by atoms with E-state index in [0.717, 1.165) is 83.5 Å². The summed E-state index contributed by atoms with van der Waals surface area (Å²) in [5.41, 5.74) is 0. The van der Waals surface area contributed by atoms with E-state index in [9.17, 15) is 19.5 Å². The molecular formula is C94H169NO8. The summed E-state index contributed by atoms with van der Waals surface area (Å²) < 4.78 is 22.9. The van der Waals surface area contributed by atoms with Crippen LogP contribution >= 0.6 is 0 Å². The van der Waals surface area contributed by atoms with Gasteiger partial charge in [0.25, 0.3) is 0 Å². The quantitative estimate of drug-likeness (QED) is 0.0195. The molecule has 2 unspecified atom stereocenters. The lowest BCUT2D eigenvalue weighted by Crippen LogP contribution is -2.44. The first kappa shape index (κ1) is 99.2. The van der Waals surface area contributed by atoms with Crippen LogP contribution in [0.3, 0.4) is 0 Å². The second-order valence-corrected chi connectivity index (χ2v) is 31.2. The van der Waals surface area contributed by atoms with Crippen molar-refractivity contribution in [2.24, 2.45) is 0 Å². The van der Waals surface area contributed by atoms with Gasteiger partial charge in [-0.3, -0.25) is 9.59 Å². The fraction of sp³-hybridized carbons (Fsp3) is 0.798. The number of unbranched alkanes of at least 4 members (excludes halogenated alkanes) is 52. The number of allylic oxidation sites excluding steroid dienone is 16. The molecule has 2 atom stereocenters. The molecule has 9 heteroatoms. The Morgan fingerprint density at radius 2 is 0.553 bits per heavy atom. The standard InChI is InChI=1S/C94H169NO8/c1-6-8-10-12-14-16-18-20-22-24-26-28-30-32-34-36-38-40-42-44-45-46-47-49-50-52-54-56-58-60-62-64-66-68-70-72-74-76-78-80-82-84-91(96)101-88-90(89-102-94(93(98)99)100-87-86-95(3,4)5)103-92(97)85-83-81-79-77-75-73-71-69-67-65-63-61-59-57-55-53-51-48-43-41-39-37-35-33-31-29-27-25-23-21-19-17-15-13-11-9-7-2/h9,11,15,17,21,23-24,26-27,29,33,35,39,41,48,51,90,94H,6-8,10,12-14,16,18-20,22,25,28,30-32,34,36-38,40,42-47,49-50,52-89H2,1-5H3/b11-9-,17-15-,23-21-,26-24-,29-27-,35-33-,41-39-,51-48-. The van der Waals surface area contributed by atoms with E-state index < -0.39 is 24.3 Å². The van der Waals surface area contributed by atoms with Gasteiger partial charge in [0.05, 0.1) is 40.3 Å². The van der Waals surface area contributed by atoms with Crippen molar-refractivity contribution in [3.8, 4) is 0 Å². The lowest BCUT2D eigenvalue weighted by Gasteiger charge is -2.26. The molecule has 0 aliphatic heterocycles. The van der Waals surface area contributed by atoms with Crippen molar-refractivity contribution in [3.63, 3.8) is 0 Å². The summed E-state index contributed by atoms with van der Waals surface area (Å²) in [6, 6.07) is 0. The molecule has 0 aromatic carbocycles. The maximum absolute atomic E-state index is 13.0. The molecule has 0 bridgehead atoms. The number of hydrogen-bond donors (Lipinski definition) is 0. The number of carbonyl (C=O) groups is 3. The second kappa shape index (κ2) is 83.8. The zero-order chi connectivity index (χ0) is 74.6. The molecule has 0 saturated carbocycles. The number of carboxylic acids is 1. The Hall–Kier alpha value is -3.79. The highest BCUT2D eigenvalue weighted by Gasteiger charge is 2.22. The lowest BCUT2D eigenvalue weighted by molar-refractivity contribution is -0.870. The highest BCUT2D eigenvalue weighted by atomic mass is 16.7. The third kappa shape index (κ3) is 85.3. The van der Waals surface area contributed by atoms with Gasteiger partial charge in [0, 0.05) is 12.8 Å². The summed E-state index contributed by atoms with van der Waals surface area (Å²) >= 11 is 0. The molecule has 0 fully saturated rings. The molecule has 0 heterocycles. The predicted molar refractivity (Wildman–Crippen MR) is 444 cm³/mol.